The fourth-order valence-electron chi connectivity index (χ4n) is 3.87. The van der Waals surface area contributed by atoms with Gasteiger partial charge in [-0.15, -0.1) is 0 Å². The minimum atomic E-state index is -4.28. The first kappa shape index (κ1) is 25.6. The second-order valence-corrected chi connectivity index (χ2v) is 10.6. The number of benzene rings is 1. The van der Waals surface area contributed by atoms with Gasteiger partial charge in [-0.2, -0.15) is 17.8 Å². The molecule has 13 heteroatoms. The smallest absolute Gasteiger partial charge is 0.425 e. The van der Waals surface area contributed by atoms with Crippen molar-refractivity contribution in [3.8, 4) is 11.5 Å². The molecular formula is C21H31N5O7S. The lowest BCUT2D eigenvalue weighted by atomic mass is 9.96. The van der Waals surface area contributed by atoms with Gasteiger partial charge in [0.1, 0.15) is 5.60 Å². The highest BCUT2D eigenvalue weighted by atomic mass is 32.2. The Morgan fingerprint density at radius 1 is 1.18 bits per heavy atom. The minimum absolute atomic E-state index is 0.0770. The quantitative estimate of drug-likeness (QED) is 0.605. The Morgan fingerprint density at radius 3 is 2.24 bits per heavy atom. The number of piperidine rings is 1. The molecule has 3 N–H and O–H groups in total. The van der Waals surface area contributed by atoms with Crippen LogP contribution in [0.1, 0.15) is 33.6 Å². The van der Waals surface area contributed by atoms with Crippen molar-refractivity contribution < 1.29 is 27.4 Å². The van der Waals surface area contributed by atoms with Crippen molar-refractivity contribution in [2.45, 2.75) is 39.2 Å². The van der Waals surface area contributed by atoms with Crippen LogP contribution in [0.4, 0.5) is 10.6 Å². The Hall–Kier alpha value is -3.06. The number of hydrogen-bond acceptors (Lipinski definition) is 9. The van der Waals surface area contributed by atoms with Gasteiger partial charge in [-0.25, -0.2) is 15.0 Å². The van der Waals surface area contributed by atoms with Crippen LogP contribution in [0, 0.1) is 5.92 Å². The first-order valence-corrected chi connectivity index (χ1v) is 12.3. The van der Waals surface area contributed by atoms with E-state index >= 15 is 0 Å². The Labute approximate surface area is 198 Å². The van der Waals surface area contributed by atoms with Crippen LogP contribution in [0.5, 0.6) is 11.5 Å². The summed E-state index contributed by atoms with van der Waals surface area (Å²) in [6, 6.07) is 3.32. The number of rotatable bonds is 6. The number of hydrogen-bond donors (Lipinski definition) is 2. The third-order valence-electron chi connectivity index (χ3n) is 5.51. The van der Waals surface area contributed by atoms with Gasteiger partial charge in [0, 0.05) is 25.0 Å². The van der Waals surface area contributed by atoms with Crippen LogP contribution in [-0.4, -0.2) is 68.5 Å². The maximum Gasteiger partial charge on any atom is 0.425 e. The Morgan fingerprint density at radius 2 is 1.74 bits per heavy atom. The number of nitrogens with two attached hydrogens (primary N) is 1. The molecule has 0 bridgehead atoms. The van der Waals surface area contributed by atoms with Gasteiger partial charge in [-0.1, -0.05) is 0 Å². The Kier molecular flexibility index (Phi) is 7.26. The van der Waals surface area contributed by atoms with Crippen LogP contribution in [0.25, 0.3) is 10.8 Å². The summed E-state index contributed by atoms with van der Waals surface area (Å²) < 4.78 is 40.5. The molecule has 1 amide bonds. The van der Waals surface area contributed by atoms with Crippen molar-refractivity contribution in [3.05, 3.63) is 22.5 Å². The molecule has 12 nitrogen and oxygen atoms in total. The van der Waals surface area contributed by atoms with Gasteiger partial charge < -0.3 is 19.1 Å². The number of aromatic amines is 1. The summed E-state index contributed by atoms with van der Waals surface area (Å²) in [4.78, 5) is 26.8. The van der Waals surface area contributed by atoms with Crippen LogP contribution in [0.15, 0.2) is 16.9 Å². The molecule has 0 atom stereocenters. The van der Waals surface area contributed by atoms with Gasteiger partial charge in [0.2, 0.25) is 0 Å². The van der Waals surface area contributed by atoms with E-state index in [1.54, 1.807) is 32.9 Å². The summed E-state index contributed by atoms with van der Waals surface area (Å²) in [6.07, 6.45) is 0.154. The number of aromatic nitrogens is 2. The molecule has 1 saturated heterocycles. The number of anilines is 1. The van der Waals surface area contributed by atoms with Crippen molar-refractivity contribution in [1.29, 1.82) is 0 Å². The molecule has 0 spiro atoms. The predicted octanol–water partition coefficient (Wildman–Crippen LogP) is 1.60. The number of nitrogens with zero attached hydrogens (tertiary/aromatic N) is 3. The molecule has 1 aromatic carbocycles. The summed E-state index contributed by atoms with van der Waals surface area (Å²) in [5.74, 6) is 1.36. The van der Waals surface area contributed by atoms with E-state index in [-0.39, 0.29) is 18.0 Å². The Balaban J connectivity index is 1.80. The van der Waals surface area contributed by atoms with E-state index in [4.69, 9.17) is 19.3 Å². The topological polar surface area (TPSA) is 157 Å². The standard InChI is InChI=1S/C21H31N5O7S/c1-21(2,3)33-20(28)26(34(22,29)30)12-13-6-8-25(9-7-13)18-14-10-16(31-4)17(32-5)11-15(14)19(27)24-23-18/h10-11,13H,6-9,12H2,1-5H3,(H,24,27)(H2,22,29,30). The summed E-state index contributed by atoms with van der Waals surface area (Å²) in [7, 11) is -1.28. The molecule has 0 radical (unpaired) electrons. The van der Waals surface area contributed by atoms with E-state index < -0.39 is 21.9 Å². The molecule has 0 saturated carbocycles. The normalized spacial score (nSPS) is 15.3. The van der Waals surface area contributed by atoms with E-state index in [1.807, 2.05) is 4.90 Å². The maximum absolute atomic E-state index is 12.4. The van der Waals surface area contributed by atoms with Gasteiger partial charge in [-0.3, -0.25) is 4.79 Å². The summed E-state index contributed by atoms with van der Waals surface area (Å²) in [5, 5.41) is 13.1. The zero-order valence-electron chi connectivity index (χ0n) is 20.0. The van der Waals surface area contributed by atoms with Crippen LogP contribution >= 0.6 is 0 Å². The van der Waals surface area contributed by atoms with Crippen molar-refractivity contribution >= 4 is 32.9 Å². The number of carbonyl (C=O) groups is 1. The second-order valence-electron chi connectivity index (χ2n) is 9.12. The van der Waals surface area contributed by atoms with E-state index in [1.165, 1.54) is 14.2 Å². The zero-order chi connectivity index (χ0) is 25.3. The number of H-pyrrole nitrogens is 1. The van der Waals surface area contributed by atoms with Crippen LogP contribution < -0.4 is 25.1 Å². The number of carbonyl (C=O) groups excluding carboxylic acids is 1. The highest BCUT2D eigenvalue weighted by Crippen LogP contribution is 2.35. The fraction of sp³-hybridized carbons (Fsp3) is 0.571. The number of ether oxygens (including phenoxy) is 3. The molecule has 1 aromatic heterocycles. The lowest BCUT2D eigenvalue weighted by Gasteiger charge is -2.35. The first-order valence-electron chi connectivity index (χ1n) is 10.8. The van der Waals surface area contributed by atoms with Crippen LogP contribution in [-0.2, 0) is 14.9 Å². The molecule has 1 aliphatic heterocycles. The molecule has 3 rings (SSSR count). The molecule has 1 aliphatic rings. The number of fused-ring (bicyclic) bond motifs is 1. The highest BCUT2D eigenvalue weighted by Gasteiger charge is 2.33. The fourth-order valence-corrected chi connectivity index (χ4v) is 4.54. The van der Waals surface area contributed by atoms with E-state index in [9.17, 15) is 18.0 Å². The lowest BCUT2D eigenvalue weighted by molar-refractivity contribution is 0.0368. The molecule has 0 aliphatic carbocycles. The average Bonchev–Trinajstić information content (AvgIpc) is 2.75. The molecule has 1 fully saturated rings. The van der Waals surface area contributed by atoms with E-state index in [0.717, 1.165) is 0 Å². The van der Waals surface area contributed by atoms with Crippen molar-refractivity contribution in [1.82, 2.24) is 14.5 Å². The van der Waals surface area contributed by atoms with Crippen LogP contribution in [0.2, 0.25) is 0 Å². The largest absolute Gasteiger partial charge is 0.493 e. The van der Waals surface area contributed by atoms with Gasteiger partial charge in [0.25, 0.3) is 5.56 Å². The van der Waals surface area contributed by atoms with Gasteiger partial charge in [-0.05, 0) is 51.7 Å². The molecular weight excluding hydrogens is 466 g/mol. The summed E-state index contributed by atoms with van der Waals surface area (Å²) in [6.45, 7) is 5.93. The lowest BCUT2D eigenvalue weighted by Crippen LogP contribution is -2.48. The second kappa shape index (κ2) is 9.66. The maximum atomic E-state index is 12.4. The molecule has 188 valence electrons. The number of amides is 1. The van der Waals surface area contributed by atoms with E-state index in [2.05, 4.69) is 10.2 Å². The first-order chi connectivity index (χ1) is 15.8. The summed E-state index contributed by atoms with van der Waals surface area (Å²) in [5.41, 5.74) is -1.21. The van der Waals surface area contributed by atoms with Gasteiger partial charge in [0.05, 0.1) is 19.6 Å². The monoisotopic (exact) mass is 497 g/mol. The predicted molar refractivity (Wildman–Crippen MR) is 126 cm³/mol. The molecule has 0 unspecified atom stereocenters. The van der Waals surface area contributed by atoms with E-state index in [0.29, 0.717) is 58.3 Å². The highest BCUT2D eigenvalue weighted by molar-refractivity contribution is 7.87. The van der Waals surface area contributed by atoms with Crippen molar-refractivity contribution in [3.63, 3.8) is 0 Å². The Bertz CT molecular complexity index is 1210. The third-order valence-corrected chi connectivity index (χ3v) is 6.43. The van der Waals surface area contributed by atoms with Gasteiger partial charge >= 0.3 is 16.3 Å². The molecule has 2 heterocycles. The number of nitrogens with one attached hydrogen (secondary N) is 1. The molecule has 34 heavy (non-hydrogen) atoms. The zero-order valence-corrected chi connectivity index (χ0v) is 20.8. The summed E-state index contributed by atoms with van der Waals surface area (Å²) >= 11 is 0. The third kappa shape index (κ3) is 5.70. The number of methoxy groups -OCH3 is 2. The van der Waals surface area contributed by atoms with Gasteiger partial charge in [0.15, 0.2) is 17.3 Å². The minimum Gasteiger partial charge on any atom is -0.493 e. The van der Waals surface area contributed by atoms with Crippen molar-refractivity contribution in [2.24, 2.45) is 11.1 Å². The average molecular weight is 498 g/mol. The van der Waals surface area contributed by atoms with Crippen LogP contribution in [0.3, 0.4) is 0 Å². The molecule has 2 aromatic rings. The SMILES string of the molecule is COc1cc2c(N3CCC(CN(C(=O)OC(C)(C)C)S(N)(=O)=O)CC3)n[nH]c(=O)c2cc1OC. The van der Waals surface area contributed by atoms with Crippen molar-refractivity contribution in [2.75, 3.05) is 38.8 Å².